The number of halogens is 1. The Morgan fingerprint density at radius 2 is 1.45 bits per heavy atom. The number of esters is 1. The number of hydrogen-bond acceptors (Lipinski definition) is 4. The molecule has 0 radical (unpaired) electrons. The van der Waals surface area contributed by atoms with Gasteiger partial charge in [0.15, 0.2) is 6.61 Å². The molecule has 1 atom stereocenters. The third-order valence-electron chi connectivity index (χ3n) is 4.43. The van der Waals surface area contributed by atoms with Gasteiger partial charge in [0, 0.05) is 5.56 Å². The summed E-state index contributed by atoms with van der Waals surface area (Å²) in [6, 6.07) is 24.0. The highest BCUT2D eigenvalue weighted by atomic mass is 35.5. The van der Waals surface area contributed by atoms with E-state index in [0.29, 0.717) is 16.3 Å². The van der Waals surface area contributed by atoms with Crippen molar-refractivity contribution in [1.29, 1.82) is 0 Å². The quantitative estimate of drug-likeness (QED) is 0.513. The molecule has 7 heteroatoms. The molecule has 158 valence electrons. The molecule has 2 amide bonds. The molecule has 0 aromatic heterocycles. The van der Waals surface area contributed by atoms with Crippen LogP contribution in [0.25, 0.3) is 0 Å². The molecule has 3 aromatic carbocycles. The third-order valence-corrected chi connectivity index (χ3v) is 4.76. The van der Waals surface area contributed by atoms with Crippen molar-refractivity contribution in [1.82, 2.24) is 5.32 Å². The Morgan fingerprint density at radius 1 is 0.839 bits per heavy atom. The maximum absolute atomic E-state index is 12.6. The number of carbonyl (C=O) groups excluding carboxylic acids is 3. The fourth-order valence-electron chi connectivity index (χ4n) is 2.89. The van der Waals surface area contributed by atoms with Crippen LogP contribution in [-0.2, 0) is 14.3 Å². The second-order valence-electron chi connectivity index (χ2n) is 6.70. The minimum absolute atomic E-state index is 0.123. The van der Waals surface area contributed by atoms with E-state index in [1.54, 1.807) is 48.5 Å². The molecule has 0 fully saturated rings. The fourth-order valence-corrected chi connectivity index (χ4v) is 3.07. The predicted molar refractivity (Wildman–Crippen MR) is 119 cm³/mol. The van der Waals surface area contributed by atoms with Crippen molar-refractivity contribution in [3.8, 4) is 0 Å². The molecule has 31 heavy (non-hydrogen) atoms. The van der Waals surface area contributed by atoms with Gasteiger partial charge in [-0.1, -0.05) is 72.3 Å². The average molecular weight is 437 g/mol. The van der Waals surface area contributed by atoms with Crippen LogP contribution in [0.2, 0.25) is 5.02 Å². The Morgan fingerprint density at radius 3 is 2.13 bits per heavy atom. The molecule has 3 aromatic rings. The van der Waals surface area contributed by atoms with Crippen molar-refractivity contribution in [2.24, 2.45) is 0 Å². The van der Waals surface area contributed by atoms with Crippen molar-refractivity contribution in [2.75, 3.05) is 11.9 Å². The van der Waals surface area contributed by atoms with E-state index in [1.807, 2.05) is 36.4 Å². The van der Waals surface area contributed by atoms with E-state index in [-0.39, 0.29) is 12.3 Å². The summed E-state index contributed by atoms with van der Waals surface area (Å²) in [5.41, 5.74) is 1.67. The van der Waals surface area contributed by atoms with E-state index in [0.717, 1.165) is 5.56 Å². The number of para-hydroxylation sites is 1. The molecule has 0 saturated carbocycles. The van der Waals surface area contributed by atoms with Crippen LogP contribution in [0.15, 0.2) is 84.9 Å². The van der Waals surface area contributed by atoms with Crippen molar-refractivity contribution in [3.05, 3.63) is 101 Å². The molecule has 6 nitrogen and oxygen atoms in total. The first-order valence-corrected chi connectivity index (χ1v) is 10.0. The maximum Gasteiger partial charge on any atom is 0.308 e. The van der Waals surface area contributed by atoms with Crippen LogP contribution in [0.3, 0.4) is 0 Å². The molecule has 0 aliphatic carbocycles. The van der Waals surface area contributed by atoms with Crippen molar-refractivity contribution < 1.29 is 19.1 Å². The number of amides is 2. The SMILES string of the molecule is O=C(COC(=O)CC(NC(=O)c1ccccc1)c1ccccc1)Nc1ccccc1Cl. The summed E-state index contributed by atoms with van der Waals surface area (Å²) in [6.45, 7) is -0.460. The molecule has 0 aliphatic heterocycles. The molecular weight excluding hydrogens is 416 g/mol. The van der Waals surface area contributed by atoms with Crippen molar-refractivity contribution in [2.45, 2.75) is 12.5 Å². The van der Waals surface area contributed by atoms with E-state index in [9.17, 15) is 14.4 Å². The molecule has 0 bridgehead atoms. The number of nitrogens with one attached hydrogen (secondary N) is 2. The van der Waals surface area contributed by atoms with Crippen LogP contribution >= 0.6 is 11.6 Å². The second kappa shape index (κ2) is 10.9. The zero-order valence-corrected chi connectivity index (χ0v) is 17.3. The Bertz CT molecular complexity index is 1040. The van der Waals surface area contributed by atoms with E-state index >= 15 is 0 Å². The number of carbonyl (C=O) groups is 3. The monoisotopic (exact) mass is 436 g/mol. The first-order valence-electron chi connectivity index (χ1n) is 9.64. The Kier molecular flexibility index (Phi) is 7.79. The summed E-state index contributed by atoms with van der Waals surface area (Å²) < 4.78 is 5.11. The van der Waals surface area contributed by atoms with E-state index in [2.05, 4.69) is 10.6 Å². The maximum atomic E-state index is 12.6. The van der Waals surface area contributed by atoms with Gasteiger partial charge in [0.2, 0.25) is 0 Å². The normalized spacial score (nSPS) is 11.3. The zero-order chi connectivity index (χ0) is 22.1. The van der Waals surface area contributed by atoms with Crippen LogP contribution < -0.4 is 10.6 Å². The lowest BCUT2D eigenvalue weighted by Gasteiger charge is -2.19. The standard InChI is InChI=1S/C24H21ClN2O4/c25-19-13-7-8-14-20(19)26-22(28)16-31-23(29)15-21(17-9-3-1-4-10-17)27-24(30)18-11-5-2-6-12-18/h1-14,21H,15-16H2,(H,26,28)(H,27,30). The lowest BCUT2D eigenvalue weighted by Crippen LogP contribution is -2.31. The largest absolute Gasteiger partial charge is 0.455 e. The highest BCUT2D eigenvalue weighted by Crippen LogP contribution is 2.21. The average Bonchev–Trinajstić information content (AvgIpc) is 2.80. The van der Waals surface area contributed by atoms with Crippen LogP contribution in [0.1, 0.15) is 28.4 Å². The lowest BCUT2D eigenvalue weighted by atomic mass is 10.0. The summed E-state index contributed by atoms with van der Waals surface area (Å²) in [5, 5.41) is 5.83. The third kappa shape index (κ3) is 6.69. The predicted octanol–water partition coefficient (Wildman–Crippen LogP) is 4.38. The lowest BCUT2D eigenvalue weighted by molar-refractivity contribution is -0.147. The highest BCUT2D eigenvalue weighted by molar-refractivity contribution is 6.33. The Balaban J connectivity index is 1.60. The highest BCUT2D eigenvalue weighted by Gasteiger charge is 2.20. The van der Waals surface area contributed by atoms with Gasteiger partial charge in [0.05, 0.1) is 23.2 Å². The minimum Gasteiger partial charge on any atom is -0.455 e. The minimum atomic E-state index is -0.614. The van der Waals surface area contributed by atoms with Crippen molar-refractivity contribution in [3.63, 3.8) is 0 Å². The molecule has 0 heterocycles. The molecule has 0 aliphatic rings. The van der Waals surface area contributed by atoms with Crippen LogP contribution in [0.5, 0.6) is 0 Å². The summed E-state index contributed by atoms with van der Waals surface area (Å²) in [5.74, 6) is -1.43. The summed E-state index contributed by atoms with van der Waals surface area (Å²) in [6.07, 6.45) is -0.123. The van der Waals surface area contributed by atoms with E-state index in [1.165, 1.54) is 0 Å². The fraction of sp³-hybridized carbons (Fsp3) is 0.125. The van der Waals surface area contributed by atoms with Crippen LogP contribution in [-0.4, -0.2) is 24.4 Å². The van der Waals surface area contributed by atoms with Gasteiger partial charge in [-0.15, -0.1) is 0 Å². The molecule has 1 unspecified atom stereocenters. The van der Waals surface area contributed by atoms with Gasteiger partial charge in [-0.05, 0) is 29.8 Å². The number of anilines is 1. The smallest absolute Gasteiger partial charge is 0.308 e. The van der Waals surface area contributed by atoms with Gasteiger partial charge in [0.25, 0.3) is 11.8 Å². The Hall–Kier alpha value is -3.64. The van der Waals surface area contributed by atoms with Gasteiger partial charge in [-0.25, -0.2) is 0 Å². The molecule has 0 saturated heterocycles. The number of benzene rings is 3. The summed E-state index contributed by atoms with van der Waals surface area (Å²) in [4.78, 5) is 37.0. The van der Waals surface area contributed by atoms with Crippen molar-refractivity contribution >= 4 is 35.1 Å². The van der Waals surface area contributed by atoms with Gasteiger partial charge >= 0.3 is 5.97 Å². The second-order valence-corrected chi connectivity index (χ2v) is 7.10. The first-order chi connectivity index (χ1) is 15.0. The number of hydrogen-bond donors (Lipinski definition) is 2. The molecular formula is C24H21ClN2O4. The van der Waals surface area contributed by atoms with Gasteiger partial charge < -0.3 is 15.4 Å². The summed E-state index contributed by atoms with van der Waals surface area (Å²) in [7, 11) is 0. The Labute approximate surface area is 185 Å². The summed E-state index contributed by atoms with van der Waals surface area (Å²) >= 11 is 6.00. The topological polar surface area (TPSA) is 84.5 Å². The molecule has 3 rings (SSSR count). The first kappa shape index (κ1) is 22.1. The van der Waals surface area contributed by atoms with Crippen LogP contribution in [0.4, 0.5) is 5.69 Å². The van der Waals surface area contributed by atoms with Crippen LogP contribution in [0, 0.1) is 0 Å². The van der Waals surface area contributed by atoms with Gasteiger partial charge in [0.1, 0.15) is 0 Å². The molecule has 2 N–H and O–H groups in total. The van der Waals surface area contributed by atoms with Gasteiger partial charge in [-0.2, -0.15) is 0 Å². The van der Waals surface area contributed by atoms with Gasteiger partial charge in [-0.3, -0.25) is 14.4 Å². The number of ether oxygens (including phenoxy) is 1. The number of rotatable bonds is 8. The zero-order valence-electron chi connectivity index (χ0n) is 16.6. The van der Waals surface area contributed by atoms with E-state index < -0.39 is 24.5 Å². The molecule has 0 spiro atoms. The van der Waals surface area contributed by atoms with E-state index in [4.69, 9.17) is 16.3 Å².